The second-order valence-corrected chi connectivity index (χ2v) is 7.94. The minimum absolute atomic E-state index is 0.0972. The van der Waals surface area contributed by atoms with Crippen LogP contribution in [-0.2, 0) is 13.0 Å². The minimum atomic E-state index is -0.0972. The number of hydrogen-bond donors (Lipinski definition) is 1. The van der Waals surface area contributed by atoms with Crippen LogP contribution < -0.4 is 10.1 Å². The Morgan fingerprint density at radius 3 is 2.96 bits per heavy atom. The molecule has 3 heterocycles. The number of rotatable bonds is 4. The number of carbonyl (C=O) groups is 1. The van der Waals surface area contributed by atoms with Gasteiger partial charge >= 0.3 is 0 Å². The van der Waals surface area contributed by atoms with Gasteiger partial charge in [0.2, 0.25) is 0 Å². The fourth-order valence-electron chi connectivity index (χ4n) is 4.21. The van der Waals surface area contributed by atoms with Gasteiger partial charge in [-0.3, -0.25) is 9.20 Å². The van der Waals surface area contributed by atoms with Gasteiger partial charge in [0, 0.05) is 12.7 Å². The molecule has 1 fully saturated rings. The summed E-state index contributed by atoms with van der Waals surface area (Å²) in [5.41, 5.74) is 5.87. The maximum atomic E-state index is 12.9. The smallest absolute Gasteiger partial charge is 0.270 e. The molecule has 0 bridgehead atoms. The largest absolute Gasteiger partial charge is 0.493 e. The Morgan fingerprint density at radius 2 is 2.14 bits per heavy atom. The topological polar surface area (TPSA) is 55.6 Å². The molecule has 1 N–H and O–H groups in total. The van der Waals surface area contributed by atoms with Crippen molar-refractivity contribution >= 4 is 11.6 Å². The molecule has 1 amide bonds. The number of amides is 1. The molecule has 5 heteroatoms. The molecule has 0 radical (unpaired) electrons. The minimum Gasteiger partial charge on any atom is -0.493 e. The third-order valence-corrected chi connectivity index (χ3v) is 6.05. The first-order valence-electron chi connectivity index (χ1n) is 10.2. The van der Waals surface area contributed by atoms with E-state index >= 15 is 0 Å². The molecule has 1 aromatic carbocycles. The zero-order valence-corrected chi connectivity index (χ0v) is 16.2. The molecule has 28 heavy (non-hydrogen) atoms. The molecular formula is C23H25N3O2. The predicted molar refractivity (Wildman–Crippen MR) is 108 cm³/mol. The van der Waals surface area contributed by atoms with Crippen molar-refractivity contribution in [3.05, 3.63) is 64.6 Å². The van der Waals surface area contributed by atoms with Gasteiger partial charge in [0.15, 0.2) is 0 Å². The quantitative estimate of drug-likeness (QED) is 0.745. The summed E-state index contributed by atoms with van der Waals surface area (Å²) in [6, 6.07) is 10.5. The highest BCUT2D eigenvalue weighted by Gasteiger charge is 2.22. The Kier molecular flexibility index (Phi) is 4.30. The third-order valence-electron chi connectivity index (χ3n) is 6.05. The second kappa shape index (κ2) is 6.97. The first-order chi connectivity index (χ1) is 13.7. The SMILES string of the molecule is Cc1nc2cc(C3CCC3)ccn2c1C(=O)NCc1ccc2c(c1)OCCC2. The Bertz CT molecular complexity index is 1050. The first kappa shape index (κ1) is 17.3. The summed E-state index contributed by atoms with van der Waals surface area (Å²) in [6.07, 6.45) is 7.95. The summed E-state index contributed by atoms with van der Waals surface area (Å²) < 4.78 is 7.64. The van der Waals surface area contributed by atoms with E-state index in [0.717, 1.165) is 42.1 Å². The highest BCUT2D eigenvalue weighted by Crippen LogP contribution is 2.36. The lowest BCUT2D eigenvalue weighted by molar-refractivity contribution is 0.0944. The Hall–Kier alpha value is -2.82. The Balaban J connectivity index is 1.35. The maximum absolute atomic E-state index is 12.9. The number of pyridine rings is 1. The standard InChI is InChI=1S/C23H25N3O2/c1-15-22(26-10-9-19(13-21(26)25-15)17-4-2-5-17)23(27)24-14-16-7-8-18-6-3-11-28-20(18)12-16/h7-10,12-13,17H,2-6,11,14H2,1H3,(H,24,27). The summed E-state index contributed by atoms with van der Waals surface area (Å²) in [5.74, 6) is 1.51. The van der Waals surface area contributed by atoms with Gasteiger partial charge in [-0.15, -0.1) is 0 Å². The Morgan fingerprint density at radius 1 is 1.25 bits per heavy atom. The van der Waals surface area contributed by atoms with E-state index in [9.17, 15) is 4.79 Å². The lowest BCUT2D eigenvalue weighted by atomic mass is 9.80. The van der Waals surface area contributed by atoms with Crippen LogP contribution in [0.5, 0.6) is 5.75 Å². The first-order valence-corrected chi connectivity index (χ1v) is 10.2. The van der Waals surface area contributed by atoms with E-state index in [-0.39, 0.29) is 5.91 Å². The highest BCUT2D eigenvalue weighted by atomic mass is 16.5. The predicted octanol–water partition coefficient (Wildman–Crippen LogP) is 4.17. The van der Waals surface area contributed by atoms with Crippen LogP contribution in [-0.4, -0.2) is 21.9 Å². The van der Waals surface area contributed by atoms with E-state index in [1.54, 1.807) is 0 Å². The van der Waals surface area contributed by atoms with Gasteiger partial charge in [-0.05, 0) is 73.4 Å². The number of nitrogens with one attached hydrogen (secondary N) is 1. The number of fused-ring (bicyclic) bond motifs is 2. The van der Waals surface area contributed by atoms with Crippen molar-refractivity contribution in [2.75, 3.05) is 6.61 Å². The molecule has 0 saturated heterocycles. The average molecular weight is 375 g/mol. The van der Waals surface area contributed by atoms with Crippen LogP contribution in [0, 0.1) is 6.92 Å². The van der Waals surface area contributed by atoms with Crippen LogP contribution in [0.2, 0.25) is 0 Å². The number of aryl methyl sites for hydroxylation is 2. The monoisotopic (exact) mass is 375 g/mol. The van der Waals surface area contributed by atoms with Crippen molar-refractivity contribution in [3.63, 3.8) is 0 Å². The van der Waals surface area contributed by atoms with Crippen LogP contribution in [0.15, 0.2) is 36.5 Å². The van der Waals surface area contributed by atoms with Crippen molar-refractivity contribution in [1.29, 1.82) is 0 Å². The number of nitrogens with zero attached hydrogens (tertiary/aromatic N) is 2. The molecule has 5 rings (SSSR count). The average Bonchev–Trinajstić information content (AvgIpc) is 2.99. The van der Waals surface area contributed by atoms with Crippen molar-refractivity contribution < 1.29 is 9.53 Å². The van der Waals surface area contributed by atoms with Gasteiger partial charge in [0.05, 0.1) is 12.3 Å². The van der Waals surface area contributed by atoms with Crippen molar-refractivity contribution in [2.45, 2.75) is 51.5 Å². The molecular weight excluding hydrogens is 350 g/mol. The van der Waals surface area contributed by atoms with Gasteiger partial charge in [-0.1, -0.05) is 18.6 Å². The van der Waals surface area contributed by atoms with Crippen molar-refractivity contribution in [3.8, 4) is 5.75 Å². The van der Waals surface area contributed by atoms with E-state index in [1.807, 2.05) is 23.6 Å². The summed E-state index contributed by atoms with van der Waals surface area (Å²) >= 11 is 0. The van der Waals surface area contributed by atoms with Crippen LogP contribution in [0.4, 0.5) is 0 Å². The Labute approximate surface area is 164 Å². The summed E-state index contributed by atoms with van der Waals surface area (Å²) in [7, 11) is 0. The molecule has 0 unspecified atom stereocenters. The van der Waals surface area contributed by atoms with E-state index < -0.39 is 0 Å². The second-order valence-electron chi connectivity index (χ2n) is 7.94. The maximum Gasteiger partial charge on any atom is 0.270 e. The van der Waals surface area contributed by atoms with Gasteiger partial charge in [-0.25, -0.2) is 4.98 Å². The molecule has 3 aromatic rings. The number of hydrogen-bond acceptors (Lipinski definition) is 3. The van der Waals surface area contributed by atoms with Crippen molar-refractivity contribution in [2.24, 2.45) is 0 Å². The number of carbonyl (C=O) groups excluding carboxylic acids is 1. The van der Waals surface area contributed by atoms with Gasteiger partial charge < -0.3 is 10.1 Å². The summed E-state index contributed by atoms with van der Waals surface area (Å²) in [5, 5.41) is 3.05. The molecule has 1 aliphatic heterocycles. The number of ether oxygens (including phenoxy) is 1. The zero-order valence-electron chi connectivity index (χ0n) is 16.2. The van der Waals surface area contributed by atoms with E-state index in [4.69, 9.17) is 4.74 Å². The third kappa shape index (κ3) is 3.05. The van der Waals surface area contributed by atoms with Gasteiger partial charge in [-0.2, -0.15) is 0 Å². The zero-order chi connectivity index (χ0) is 19.1. The van der Waals surface area contributed by atoms with Crippen LogP contribution in [0.25, 0.3) is 5.65 Å². The molecule has 0 atom stereocenters. The normalized spacial score (nSPS) is 16.3. The lowest BCUT2D eigenvalue weighted by Crippen LogP contribution is -2.25. The van der Waals surface area contributed by atoms with Crippen LogP contribution >= 0.6 is 0 Å². The van der Waals surface area contributed by atoms with Crippen molar-refractivity contribution in [1.82, 2.24) is 14.7 Å². The molecule has 1 saturated carbocycles. The molecule has 144 valence electrons. The number of aromatic nitrogens is 2. The van der Waals surface area contributed by atoms with Gasteiger partial charge in [0.1, 0.15) is 17.1 Å². The van der Waals surface area contributed by atoms with E-state index in [1.165, 1.54) is 30.4 Å². The van der Waals surface area contributed by atoms with E-state index in [2.05, 4.69) is 34.6 Å². The summed E-state index contributed by atoms with van der Waals surface area (Å²) in [6.45, 7) is 3.15. The van der Waals surface area contributed by atoms with Crippen LogP contribution in [0.1, 0.15) is 64.5 Å². The summed E-state index contributed by atoms with van der Waals surface area (Å²) in [4.78, 5) is 17.5. The molecule has 1 aliphatic carbocycles. The molecule has 2 aromatic heterocycles. The van der Waals surface area contributed by atoms with Gasteiger partial charge in [0.25, 0.3) is 5.91 Å². The number of benzene rings is 1. The molecule has 5 nitrogen and oxygen atoms in total. The fourth-order valence-corrected chi connectivity index (χ4v) is 4.21. The van der Waals surface area contributed by atoms with Crippen LogP contribution in [0.3, 0.4) is 0 Å². The number of imidazole rings is 1. The lowest BCUT2D eigenvalue weighted by Gasteiger charge is -2.25. The highest BCUT2D eigenvalue weighted by molar-refractivity contribution is 5.94. The molecule has 2 aliphatic rings. The van der Waals surface area contributed by atoms with E-state index in [0.29, 0.717) is 18.2 Å². The molecule has 0 spiro atoms. The fraction of sp³-hybridized carbons (Fsp3) is 0.391.